The number of benzene rings is 1. The predicted octanol–water partition coefficient (Wildman–Crippen LogP) is 3.17. The van der Waals surface area contributed by atoms with Crippen molar-refractivity contribution in [1.82, 2.24) is 10.2 Å². The van der Waals surface area contributed by atoms with E-state index in [1.54, 1.807) is 0 Å². The van der Waals surface area contributed by atoms with E-state index < -0.39 is 0 Å². The van der Waals surface area contributed by atoms with E-state index in [2.05, 4.69) is 52.5 Å². The van der Waals surface area contributed by atoms with Crippen LogP contribution in [0.3, 0.4) is 0 Å². The molecule has 1 saturated heterocycles. The summed E-state index contributed by atoms with van der Waals surface area (Å²) < 4.78 is 5.37. The molecule has 130 valence electrons. The van der Waals surface area contributed by atoms with Gasteiger partial charge in [0, 0.05) is 26.2 Å². The van der Waals surface area contributed by atoms with Crippen molar-refractivity contribution in [1.29, 1.82) is 0 Å². The SMILES string of the molecule is CCNC(=NCCOCC)N1CCC(Cc2ccccc2)C1.I. The van der Waals surface area contributed by atoms with Crippen LogP contribution in [0.2, 0.25) is 0 Å². The molecule has 0 aromatic heterocycles. The molecular formula is C18H30IN3O. The summed E-state index contributed by atoms with van der Waals surface area (Å²) in [5, 5.41) is 3.41. The number of nitrogens with one attached hydrogen (secondary N) is 1. The number of guanidine groups is 1. The van der Waals surface area contributed by atoms with Crippen molar-refractivity contribution < 1.29 is 4.74 Å². The van der Waals surface area contributed by atoms with E-state index in [-0.39, 0.29) is 24.0 Å². The number of ether oxygens (including phenoxy) is 1. The molecule has 0 bridgehead atoms. The molecule has 1 atom stereocenters. The molecule has 1 unspecified atom stereocenters. The van der Waals surface area contributed by atoms with Gasteiger partial charge in [-0.25, -0.2) is 0 Å². The minimum atomic E-state index is 0. The van der Waals surface area contributed by atoms with Gasteiger partial charge >= 0.3 is 0 Å². The van der Waals surface area contributed by atoms with Crippen molar-refractivity contribution in [2.45, 2.75) is 26.7 Å². The lowest BCUT2D eigenvalue weighted by atomic mass is 9.99. The molecule has 1 aliphatic heterocycles. The van der Waals surface area contributed by atoms with Gasteiger partial charge < -0.3 is 15.0 Å². The van der Waals surface area contributed by atoms with E-state index in [1.807, 2.05) is 6.92 Å². The second-order valence-corrected chi connectivity index (χ2v) is 5.72. The Morgan fingerprint density at radius 1 is 1.30 bits per heavy atom. The summed E-state index contributed by atoms with van der Waals surface area (Å²) in [6.45, 7) is 9.43. The fraction of sp³-hybridized carbons (Fsp3) is 0.611. The Hall–Kier alpha value is -0.820. The Bertz CT molecular complexity index is 453. The highest BCUT2D eigenvalue weighted by Gasteiger charge is 2.24. The van der Waals surface area contributed by atoms with Crippen molar-refractivity contribution in [3.05, 3.63) is 35.9 Å². The maximum Gasteiger partial charge on any atom is 0.194 e. The second kappa shape index (κ2) is 11.7. The largest absolute Gasteiger partial charge is 0.380 e. The zero-order valence-corrected chi connectivity index (χ0v) is 16.7. The quantitative estimate of drug-likeness (QED) is 0.312. The molecule has 0 radical (unpaired) electrons. The number of nitrogens with zero attached hydrogens (tertiary/aromatic N) is 2. The van der Waals surface area contributed by atoms with Crippen molar-refractivity contribution >= 4 is 29.9 Å². The van der Waals surface area contributed by atoms with Crippen molar-refractivity contribution in [2.75, 3.05) is 39.4 Å². The number of likely N-dealkylation sites (tertiary alicyclic amines) is 1. The van der Waals surface area contributed by atoms with Crippen LogP contribution in [0, 0.1) is 5.92 Å². The Morgan fingerprint density at radius 3 is 2.78 bits per heavy atom. The molecule has 1 aliphatic rings. The summed E-state index contributed by atoms with van der Waals surface area (Å²) >= 11 is 0. The molecule has 0 spiro atoms. The standard InChI is InChI=1S/C18H29N3O.HI/c1-3-19-18(20-11-13-22-4-2)21-12-10-17(15-21)14-16-8-6-5-7-9-16;/h5-9,17H,3-4,10-15H2,1-2H3,(H,19,20);1H. The number of aliphatic imine (C=N–C) groups is 1. The molecule has 1 N–H and O–H groups in total. The van der Waals surface area contributed by atoms with Gasteiger partial charge in [0.1, 0.15) is 0 Å². The monoisotopic (exact) mass is 431 g/mol. The average Bonchev–Trinajstić information content (AvgIpc) is 3.00. The van der Waals surface area contributed by atoms with Gasteiger partial charge in [-0.05, 0) is 38.2 Å². The molecule has 1 fully saturated rings. The number of halogens is 1. The van der Waals surface area contributed by atoms with Gasteiger partial charge in [0.15, 0.2) is 5.96 Å². The predicted molar refractivity (Wildman–Crippen MR) is 108 cm³/mol. The van der Waals surface area contributed by atoms with E-state index >= 15 is 0 Å². The molecule has 1 aromatic carbocycles. The van der Waals surface area contributed by atoms with Crippen LogP contribution in [0.15, 0.2) is 35.3 Å². The molecule has 2 rings (SSSR count). The van der Waals surface area contributed by atoms with Crippen LogP contribution in [0.1, 0.15) is 25.8 Å². The third kappa shape index (κ3) is 7.08. The van der Waals surface area contributed by atoms with Gasteiger partial charge in [0.2, 0.25) is 0 Å². The Morgan fingerprint density at radius 2 is 2.09 bits per heavy atom. The van der Waals surface area contributed by atoms with Crippen LogP contribution < -0.4 is 5.32 Å². The first-order chi connectivity index (χ1) is 10.8. The topological polar surface area (TPSA) is 36.9 Å². The molecule has 0 saturated carbocycles. The number of hydrogen-bond acceptors (Lipinski definition) is 2. The molecular weight excluding hydrogens is 401 g/mol. The van der Waals surface area contributed by atoms with E-state index in [1.165, 1.54) is 12.0 Å². The van der Waals surface area contributed by atoms with Gasteiger partial charge in [-0.3, -0.25) is 4.99 Å². The van der Waals surface area contributed by atoms with Crippen LogP contribution in [-0.4, -0.2) is 50.3 Å². The highest BCUT2D eigenvalue weighted by molar-refractivity contribution is 14.0. The second-order valence-electron chi connectivity index (χ2n) is 5.72. The Labute approximate surface area is 157 Å². The maximum atomic E-state index is 5.37. The zero-order chi connectivity index (χ0) is 15.6. The first kappa shape index (κ1) is 20.2. The van der Waals surface area contributed by atoms with Crippen LogP contribution >= 0.6 is 24.0 Å². The number of rotatable bonds is 7. The zero-order valence-electron chi connectivity index (χ0n) is 14.3. The first-order valence-electron chi connectivity index (χ1n) is 8.48. The minimum Gasteiger partial charge on any atom is -0.380 e. The van der Waals surface area contributed by atoms with E-state index in [0.29, 0.717) is 6.61 Å². The maximum absolute atomic E-state index is 5.37. The average molecular weight is 431 g/mol. The third-order valence-corrected chi connectivity index (χ3v) is 3.99. The van der Waals surface area contributed by atoms with E-state index in [4.69, 9.17) is 4.74 Å². The molecule has 23 heavy (non-hydrogen) atoms. The first-order valence-corrected chi connectivity index (χ1v) is 8.48. The fourth-order valence-electron chi connectivity index (χ4n) is 2.93. The lowest BCUT2D eigenvalue weighted by molar-refractivity contribution is 0.155. The van der Waals surface area contributed by atoms with Crippen molar-refractivity contribution in [3.8, 4) is 0 Å². The number of hydrogen-bond donors (Lipinski definition) is 1. The van der Waals surface area contributed by atoms with E-state index in [0.717, 1.165) is 51.1 Å². The highest BCUT2D eigenvalue weighted by Crippen LogP contribution is 2.20. The summed E-state index contributed by atoms with van der Waals surface area (Å²) in [5.41, 5.74) is 1.44. The normalized spacial score (nSPS) is 17.9. The van der Waals surface area contributed by atoms with Crippen molar-refractivity contribution in [2.24, 2.45) is 10.9 Å². The lowest BCUT2D eigenvalue weighted by Gasteiger charge is -2.21. The molecule has 0 aliphatic carbocycles. The molecule has 0 amide bonds. The van der Waals surface area contributed by atoms with Crippen LogP contribution in [0.5, 0.6) is 0 Å². The van der Waals surface area contributed by atoms with Crippen LogP contribution in [0.4, 0.5) is 0 Å². The van der Waals surface area contributed by atoms with Crippen LogP contribution in [0.25, 0.3) is 0 Å². The minimum absolute atomic E-state index is 0. The van der Waals surface area contributed by atoms with Gasteiger partial charge in [-0.15, -0.1) is 24.0 Å². The highest BCUT2D eigenvalue weighted by atomic mass is 127. The summed E-state index contributed by atoms with van der Waals surface area (Å²) in [5.74, 6) is 1.76. The smallest absolute Gasteiger partial charge is 0.194 e. The van der Waals surface area contributed by atoms with Gasteiger partial charge in [-0.2, -0.15) is 0 Å². The fourth-order valence-corrected chi connectivity index (χ4v) is 2.93. The Kier molecular flexibility index (Phi) is 10.3. The van der Waals surface area contributed by atoms with Gasteiger partial charge in [-0.1, -0.05) is 30.3 Å². The molecule has 1 heterocycles. The van der Waals surface area contributed by atoms with Crippen LogP contribution in [-0.2, 0) is 11.2 Å². The van der Waals surface area contributed by atoms with Gasteiger partial charge in [0.05, 0.1) is 13.2 Å². The van der Waals surface area contributed by atoms with E-state index in [9.17, 15) is 0 Å². The third-order valence-electron chi connectivity index (χ3n) is 3.99. The summed E-state index contributed by atoms with van der Waals surface area (Å²) in [6, 6.07) is 10.8. The summed E-state index contributed by atoms with van der Waals surface area (Å²) in [4.78, 5) is 7.07. The lowest BCUT2D eigenvalue weighted by Crippen LogP contribution is -2.40. The molecule has 4 nitrogen and oxygen atoms in total. The van der Waals surface area contributed by atoms with Crippen molar-refractivity contribution in [3.63, 3.8) is 0 Å². The summed E-state index contributed by atoms with van der Waals surface area (Å²) in [7, 11) is 0. The Balaban J connectivity index is 0.00000264. The van der Waals surface area contributed by atoms with Gasteiger partial charge in [0.25, 0.3) is 0 Å². The summed E-state index contributed by atoms with van der Waals surface area (Å²) in [6.07, 6.45) is 2.40. The molecule has 5 heteroatoms. The molecule has 1 aromatic rings.